The van der Waals surface area contributed by atoms with Crippen molar-refractivity contribution < 1.29 is 24.5 Å². The first-order valence-electron chi connectivity index (χ1n) is 13.7. The summed E-state index contributed by atoms with van der Waals surface area (Å²) in [4.78, 5) is 12.4. The first-order valence-corrected chi connectivity index (χ1v) is 13.7. The number of ether oxygens (including phenoxy) is 2. The van der Waals surface area contributed by atoms with Gasteiger partial charge in [0.25, 0.3) is 0 Å². The third-order valence-electron chi connectivity index (χ3n) is 7.69. The Morgan fingerprint density at radius 3 is 1.62 bits per heavy atom. The van der Waals surface area contributed by atoms with E-state index in [0.29, 0.717) is 19.3 Å². The van der Waals surface area contributed by atoms with E-state index in [4.69, 9.17) is 19.7 Å². The molecular weight excluding hydrogens is 404 g/mol. The molecule has 0 aromatic heterocycles. The maximum absolute atomic E-state index is 12.4. The number of esters is 1. The summed E-state index contributed by atoms with van der Waals surface area (Å²) >= 11 is 0. The summed E-state index contributed by atoms with van der Waals surface area (Å²) in [5, 5.41) is 17.6. The van der Waals surface area contributed by atoms with Gasteiger partial charge in [-0.05, 0) is 88.9 Å². The monoisotopic (exact) mass is 454 g/mol. The molecule has 0 amide bonds. The van der Waals surface area contributed by atoms with Crippen LogP contribution < -0.4 is 0 Å². The molecule has 0 unspecified atom stereocenters. The topological polar surface area (TPSA) is 76.0 Å². The molecule has 0 bridgehead atoms. The summed E-state index contributed by atoms with van der Waals surface area (Å²) in [6.07, 6.45) is 20.5. The minimum Gasteiger partial charge on any atom is -0.465 e. The first-order chi connectivity index (χ1) is 15.7. The Hall–Kier alpha value is -0.650. The third kappa shape index (κ3) is 11.5. The second-order valence-corrected chi connectivity index (χ2v) is 10.2. The number of aliphatic hydroxyl groups is 2. The van der Waals surface area contributed by atoms with E-state index in [1.165, 1.54) is 51.4 Å². The lowest BCUT2D eigenvalue weighted by molar-refractivity contribution is -0.150. The summed E-state index contributed by atoms with van der Waals surface area (Å²) in [7, 11) is 0. The fourth-order valence-electron chi connectivity index (χ4n) is 5.58. The SMILES string of the molecule is O=C(OCCCCCCCO)C1CCC(C2CCC(OCCCCCCCO)CC2)CC1. The van der Waals surface area contributed by atoms with Gasteiger partial charge >= 0.3 is 5.97 Å². The van der Waals surface area contributed by atoms with Crippen LogP contribution in [0.5, 0.6) is 0 Å². The van der Waals surface area contributed by atoms with Crippen molar-refractivity contribution in [2.24, 2.45) is 17.8 Å². The van der Waals surface area contributed by atoms with E-state index in [1.54, 1.807) is 0 Å². The Labute approximate surface area is 196 Å². The summed E-state index contributed by atoms with van der Waals surface area (Å²) in [5.74, 6) is 1.77. The maximum atomic E-state index is 12.4. The van der Waals surface area contributed by atoms with E-state index in [2.05, 4.69) is 0 Å². The van der Waals surface area contributed by atoms with E-state index in [9.17, 15) is 4.79 Å². The van der Waals surface area contributed by atoms with Gasteiger partial charge in [-0.25, -0.2) is 0 Å². The highest BCUT2D eigenvalue weighted by atomic mass is 16.5. The second kappa shape index (κ2) is 17.8. The molecule has 0 aromatic rings. The van der Waals surface area contributed by atoms with Crippen LogP contribution in [-0.2, 0) is 14.3 Å². The second-order valence-electron chi connectivity index (χ2n) is 10.2. The zero-order valence-electron chi connectivity index (χ0n) is 20.5. The molecule has 0 spiro atoms. The lowest BCUT2D eigenvalue weighted by Crippen LogP contribution is -2.31. The van der Waals surface area contributed by atoms with Crippen LogP contribution in [0.1, 0.15) is 116 Å². The van der Waals surface area contributed by atoms with Crippen molar-refractivity contribution in [1.82, 2.24) is 0 Å². The van der Waals surface area contributed by atoms with Crippen LogP contribution >= 0.6 is 0 Å². The number of aliphatic hydroxyl groups excluding tert-OH is 2. The van der Waals surface area contributed by atoms with Crippen molar-refractivity contribution in [2.75, 3.05) is 26.4 Å². The predicted molar refractivity (Wildman–Crippen MR) is 128 cm³/mol. The number of carbonyl (C=O) groups is 1. The van der Waals surface area contributed by atoms with Gasteiger partial charge in [-0.1, -0.05) is 38.5 Å². The Kier molecular flexibility index (Phi) is 15.3. The molecule has 0 aliphatic heterocycles. The van der Waals surface area contributed by atoms with Crippen molar-refractivity contribution in [3.8, 4) is 0 Å². The van der Waals surface area contributed by atoms with E-state index >= 15 is 0 Å². The van der Waals surface area contributed by atoms with E-state index in [0.717, 1.165) is 82.7 Å². The normalized spacial score (nSPS) is 26.2. The van der Waals surface area contributed by atoms with Gasteiger partial charge in [-0.15, -0.1) is 0 Å². The van der Waals surface area contributed by atoms with Crippen LogP contribution in [0.25, 0.3) is 0 Å². The molecule has 0 saturated heterocycles. The molecular formula is C27H50O5. The number of unbranched alkanes of at least 4 members (excludes halogenated alkanes) is 8. The molecule has 2 saturated carbocycles. The molecule has 0 aromatic carbocycles. The molecule has 188 valence electrons. The summed E-state index contributed by atoms with van der Waals surface area (Å²) < 4.78 is 11.7. The van der Waals surface area contributed by atoms with Crippen LogP contribution in [0, 0.1) is 17.8 Å². The van der Waals surface area contributed by atoms with Gasteiger partial charge in [0, 0.05) is 19.8 Å². The van der Waals surface area contributed by atoms with Crippen molar-refractivity contribution in [3.63, 3.8) is 0 Å². The average Bonchev–Trinajstić information content (AvgIpc) is 2.83. The zero-order chi connectivity index (χ0) is 22.9. The Morgan fingerprint density at radius 1 is 0.594 bits per heavy atom. The van der Waals surface area contributed by atoms with Crippen LogP contribution in [0.2, 0.25) is 0 Å². The van der Waals surface area contributed by atoms with Gasteiger partial charge in [-0.2, -0.15) is 0 Å². The minimum atomic E-state index is 0.0345. The average molecular weight is 455 g/mol. The minimum absolute atomic E-state index is 0.0345. The van der Waals surface area contributed by atoms with E-state index < -0.39 is 0 Å². The fraction of sp³-hybridized carbons (Fsp3) is 0.963. The van der Waals surface area contributed by atoms with Gasteiger partial charge in [0.15, 0.2) is 0 Å². The van der Waals surface area contributed by atoms with Crippen molar-refractivity contribution in [3.05, 3.63) is 0 Å². The summed E-state index contributed by atoms with van der Waals surface area (Å²) in [6, 6.07) is 0. The molecule has 2 aliphatic carbocycles. The van der Waals surface area contributed by atoms with Crippen molar-refractivity contribution in [2.45, 2.75) is 122 Å². The van der Waals surface area contributed by atoms with Gasteiger partial charge in [0.2, 0.25) is 0 Å². The molecule has 2 aliphatic rings. The summed E-state index contributed by atoms with van der Waals surface area (Å²) in [6.45, 7) is 2.05. The van der Waals surface area contributed by atoms with Gasteiger partial charge in [-0.3, -0.25) is 4.79 Å². The lowest BCUT2D eigenvalue weighted by Gasteiger charge is -2.37. The molecule has 2 fully saturated rings. The fourth-order valence-corrected chi connectivity index (χ4v) is 5.58. The predicted octanol–water partition coefficient (Wildman–Crippen LogP) is 5.80. The zero-order valence-corrected chi connectivity index (χ0v) is 20.5. The van der Waals surface area contributed by atoms with Crippen LogP contribution in [-0.4, -0.2) is 48.7 Å². The molecule has 0 atom stereocenters. The molecule has 32 heavy (non-hydrogen) atoms. The van der Waals surface area contributed by atoms with Crippen LogP contribution in [0.3, 0.4) is 0 Å². The van der Waals surface area contributed by atoms with Crippen molar-refractivity contribution in [1.29, 1.82) is 0 Å². The van der Waals surface area contributed by atoms with Crippen LogP contribution in [0.15, 0.2) is 0 Å². The highest BCUT2D eigenvalue weighted by Crippen LogP contribution is 2.40. The largest absolute Gasteiger partial charge is 0.465 e. The molecule has 5 nitrogen and oxygen atoms in total. The molecule has 2 rings (SSSR count). The third-order valence-corrected chi connectivity index (χ3v) is 7.69. The molecule has 0 radical (unpaired) electrons. The number of carbonyl (C=O) groups excluding carboxylic acids is 1. The highest BCUT2D eigenvalue weighted by molar-refractivity contribution is 5.72. The quantitative estimate of drug-likeness (QED) is 0.215. The van der Waals surface area contributed by atoms with E-state index in [1.807, 2.05) is 0 Å². The number of hydrogen-bond donors (Lipinski definition) is 2. The molecule has 0 heterocycles. The molecule has 5 heteroatoms. The number of hydrogen-bond acceptors (Lipinski definition) is 5. The molecule has 2 N–H and O–H groups in total. The number of rotatable bonds is 17. The first kappa shape index (κ1) is 27.6. The van der Waals surface area contributed by atoms with Gasteiger partial charge in [0.05, 0.1) is 18.6 Å². The Balaban J connectivity index is 1.48. The van der Waals surface area contributed by atoms with Gasteiger partial charge in [0.1, 0.15) is 0 Å². The summed E-state index contributed by atoms with van der Waals surface area (Å²) in [5.41, 5.74) is 0. The van der Waals surface area contributed by atoms with Gasteiger partial charge < -0.3 is 19.7 Å². The van der Waals surface area contributed by atoms with Crippen molar-refractivity contribution >= 4 is 5.97 Å². The van der Waals surface area contributed by atoms with Crippen LogP contribution in [0.4, 0.5) is 0 Å². The Morgan fingerprint density at radius 2 is 1.06 bits per heavy atom. The Bertz CT molecular complexity index is 453. The highest BCUT2D eigenvalue weighted by Gasteiger charge is 2.33. The lowest BCUT2D eigenvalue weighted by atomic mass is 9.70. The van der Waals surface area contributed by atoms with E-state index in [-0.39, 0.29) is 18.5 Å². The maximum Gasteiger partial charge on any atom is 0.308 e. The standard InChI is InChI=1S/C27H50O5/c28-19-7-3-1-5-9-21-31-26-17-15-24(16-18-26)23-11-13-25(14-12-23)27(30)32-22-10-6-2-4-8-20-29/h23-26,28-29H,1-22H2. The smallest absolute Gasteiger partial charge is 0.308 e.